The first-order valence-corrected chi connectivity index (χ1v) is 7.59. The Morgan fingerprint density at radius 1 is 1.28 bits per heavy atom. The van der Waals surface area contributed by atoms with E-state index in [2.05, 4.69) is 5.32 Å². The number of hydrogen-bond donors (Lipinski definition) is 3. The molecule has 2 unspecified atom stereocenters. The van der Waals surface area contributed by atoms with Gasteiger partial charge >= 0.3 is 0 Å². The van der Waals surface area contributed by atoms with Crippen molar-refractivity contribution < 1.29 is 10.2 Å². The van der Waals surface area contributed by atoms with Crippen LogP contribution in [0.2, 0.25) is 4.34 Å². The third-order valence-corrected chi connectivity index (χ3v) is 4.71. The highest BCUT2D eigenvalue weighted by atomic mass is 35.5. The fraction of sp³-hybridized carbons (Fsp3) is 0.333. The van der Waals surface area contributed by atoms with Crippen LogP contribution in [0.4, 0.5) is 0 Å². The highest BCUT2D eigenvalue weighted by molar-refractivity contribution is 7.16. The molecule has 0 aliphatic heterocycles. The molecule has 6 heteroatoms. The highest BCUT2D eigenvalue weighted by Gasteiger charge is 2.17. The lowest BCUT2D eigenvalue weighted by molar-refractivity contribution is 0.0931. The van der Waals surface area contributed by atoms with Crippen LogP contribution in [-0.2, 0) is 0 Å². The van der Waals surface area contributed by atoms with Gasteiger partial charge in [0.15, 0.2) is 0 Å². The van der Waals surface area contributed by atoms with Crippen molar-refractivity contribution in [2.24, 2.45) is 0 Å². The number of halogens is 1. The summed E-state index contributed by atoms with van der Waals surface area (Å²) in [7, 11) is 0. The van der Waals surface area contributed by atoms with Gasteiger partial charge in [-0.15, -0.1) is 22.7 Å². The molecule has 0 radical (unpaired) electrons. The molecule has 3 nitrogen and oxygen atoms in total. The van der Waals surface area contributed by atoms with E-state index in [1.807, 2.05) is 29.6 Å². The first-order chi connectivity index (χ1) is 8.70. The largest absolute Gasteiger partial charge is 0.394 e. The van der Waals surface area contributed by atoms with Gasteiger partial charge in [-0.1, -0.05) is 17.7 Å². The molecule has 0 spiro atoms. The maximum absolute atomic E-state index is 9.42. The van der Waals surface area contributed by atoms with E-state index in [-0.39, 0.29) is 12.6 Å². The molecule has 0 saturated heterocycles. The normalized spacial score (nSPS) is 14.6. The summed E-state index contributed by atoms with van der Waals surface area (Å²) < 4.78 is 0.746. The summed E-state index contributed by atoms with van der Waals surface area (Å²) in [5.41, 5.74) is 0. The number of aliphatic hydroxyl groups excluding tert-OH is 2. The Balaban J connectivity index is 2.13. The Morgan fingerprint density at radius 2 is 2.11 bits per heavy atom. The molecule has 0 amide bonds. The zero-order valence-electron chi connectivity index (χ0n) is 9.54. The van der Waals surface area contributed by atoms with Gasteiger partial charge in [-0.05, 0) is 23.6 Å². The van der Waals surface area contributed by atoms with E-state index < -0.39 is 6.10 Å². The van der Waals surface area contributed by atoms with Gasteiger partial charge in [0.2, 0.25) is 0 Å². The zero-order valence-corrected chi connectivity index (χ0v) is 11.9. The summed E-state index contributed by atoms with van der Waals surface area (Å²) in [6, 6.07) is 7.90. The summed E-state index contributed by atoms with van der Waals surface area (Å²) in [4.78, 5) is 2.27. The number of rotatable bonds is 6. The van der Waals surface area contributed by atoms with Crippen molar-refractivity contribution in [3.63, 3.8) is 0 Å². The van der Waals surface area contributed by atoms with Gasteiger partial charge < -0.3 is 15.5 Å². The molecule has 2 aromatic heterocycles. The topological polar surface area (TPSA) is 52.5 Å². The van der Waals surface area contributed by atoms with E-state index in [0.29, 0.717) is 6.54 Å². The van der Waals surface area contributed by atoms with Crippen LogP contribution in [0.1, 0.15) is 15.8 Å². The summed E-state index contributed by atoms with van der Waals surface area (Å²) in [5.74, 6) is 0. The highest BCUT2D eigenvalue weighted by Crippen LogP contribution is 2.32. The molecule has 18 heavy (non-hydrogen) atoms. The second-order valence-corrected chi connectivity index (χ2v) is 6.56. The van der Waals surface area contributed by atoms with Crippen LogP contribution in [0.3, 0.4) is 0 Å². The molecule has 2 heterocycles. The van der Waals surface area contributed by atoms with Gasteiger partial charge in [0.25, 0.3) is 0 Å². The Bertz CT molecular complexity index is 472. The minimum atomic E-state index is -0.747. The Morgan fingerprint density at radius 3 is 2.67 bits per heavy atom. The van der Waals surface area contributed by atoms with Gasteiger partial charge in [0, 0.05) is 16.3 Å². The Hall–Kier alpha value is -0.430. The van der Waals surface area contributed by atoms with Crippen LogP contribution < -0.4 is 5.32 Å². The van der Waals surface area contributed by atoms with Gasteiger partial charge in [0.05, 0.1) is 23.1 Å². The zero-order chi connectivity index (χ0) is 13.0. The van der Waals surface area contributed by atoms with Crippen molar-refractivity contribution >= 4 is 34.3 Å². The lowest BCUT2D eigenvalue weighted by atomic mass is 10.2. The van der Waals surface area contributed by atoms with Crippen LogP contribution in [-0.4, -0.2) is 29.5 Å². The van der Waals surface area contributed by atoms with Gasteiger partial charge in [-0.2, -0.15) is 0 Å². The predicted octanol–water partition coefficient (Wildman–Crippen LogP) is 2.50. The number of nitrogens with one attached hydrogen (secondary N) is 1. The molecule has 3 N–H and O–H groups in total. The molecule has 2 rings (SSSR count). The maximum Gasteiger partial charge on any atom is 0.0931 e. The fourth-order valence-electron chi connectivity index (χ4n) is 1.60. The second-order valence-electron chi connectivity index (χ2n) is 3.83. The number of hydrogen-bond acceptors (Lipinski definition) is 5. The van der Waals surface area contributed by atoms with Gasteiger partial charge in [0.1, 0.15) is 0 Å². The molecule has 0 aliphatic carbocycles. The van der Waals surface area contributed by atoms with E-state index in [1.54, 1.807) is 11.3 Å². The van der Waals surface area contributed by atoms with Crippen LogP contribution in [0.15, 0.2) is 29.6 Å². The SMILES string of the molecule is OCC(O)CNC(c1cccs1)c1ccc(Cl)s1. The molecular formula is C12H14ClNO2S2. The first kappa shape index (κ1) is 14.0. The standard InChI is InChI=1S/C12H14ClNO2S2/c13-11-4-3-10(18-11)12(9-2-1-5-17-9)14-6-8(16)7-15/h1-5,8,12,14-16H,6-7H2. The average Bonchev–Trinajstić information content (AvgIpc) is 3.01. The number of thiophene rings is 2. The Kier molecular flexibility index (Phi) is 5.17. The van der Waals surface area contributed by atoms with Crippen LogP contribution in [0.25, 0.3) is 0 Å². The molecule has 0 aromatic carbocycles. The minimum Gasteiger partial charge on any atom is -0.394 e. The lowest BCUT2D eigenvalue weighted by Gasteiger charge is -2.18. The number of aliphatic hydroxyl groups is 2. The summed E-state index contributed by atoms with van der Waals surface area (Å²) in [5, 5.41) is 23.5. The maximum atomic E-state index is 9.42. The first-order valence-electron chi connectivity index (χ1n) is 5.51. The Labute approximate surface area is 119 Å². The molecule has 0 aliphatic rings. The van der Waals surface area contributed by atoms with Crippen molar-refractivity contribution in [1.29, 1.82) is 0 Å². The van der Waals surface area contributed by atoms with E-state index in [4.69, 9.17) is 16.7 Å². The molecule has 0 bridgehead atoms. The quantitative estimate of drug-likeness (QED) is 0.768. The van der Waals surface area contributed by atoms with Crippen molar-refractivity contribution in [2.75, 3.05) is 13.2 Å². The second kappa shape index (κ2) is 6.65. The third-order valence-electron chi connectivity index (χ3n) is 2.47. The van der Waals surface area contributed by atoms with Crippen molar-refractivity contribution in [3.05, 3.63) is 43.7 Å². The molecule has 0 fully saturated rings. The monoisotopic (exact) mass is 303 g/mol. The third kappa shape index (κ3) is 3.54. The van der Waals surface area contributed by atoms with Crippen LogP contribution in [0, 0.1) is 0 Å². The van der Waals surface area contributed by atoms with Crippen molar-refractivity contribution in [3.8, 4) is 0 Å². The minimum absolute atomic E-state index is 0.0173. The van der Waals surface area contributed by atoms with E-state index >= 15 is 0 Å². The van der Waals surface area contributed by atoms with Gasteiger partial charge in [-0.3, -0.25) is 0 Å². The van der Waals surface area contributed by atoms with Crippen LogP contribution >= 0.6 is 34.3 Å². The van der Waals surface area contributed by atoms with Crippen molar-refractivity contribution in [1.82, 2.24) is 5.32 Å². The average molecular weight is 304 g/mol. The van der Waals surface area contributed by atoms with E-state index in [1.165, 1.54) is 16.2 Å². The molecule has 2 aromatic rings. The van der Waals surface area contributed by atoms with Gasteiger partial charge in [-0.25, -0.2) is 0 Å². The molecule has 98 valence electrons. The van der Waals surface area contributed by atoms with Crippen LogP contribution in [0.5, 0.6) is 0 Å². The van der Waals surface area contributed by atoms with E-state index in [9.17, 15) is 5.11 Å². The summed E-state index contributed by atoms with van der Waals surface area (Å²) in [6.45, 7) is 0.101. The molecule has 2 atom stereocenters. The van der Waals surface area contributed by atoms with E-state index in [0.717, 1.165) is 9.21 Å². The predicted molar refractivity (Wildman–Crippen MR) is 76.6 cm³/mol. The summed E-state index contributed by atoms with van der Waals surface area (Å²) in [6.07, 6.45) is -0.747. The molecular weight excluding hydrogens is 290 g/mol. The van der Waals surface area contributed by atoms with Crippen molar-refractivity contribution in [2.45, 2.75) is 12.1 Å². The summed E-state index contributed by atoms with van der Waals surface area (Å²) >= 11 is 9.13. The molecule has 0 saturated carbocycles. The smallest absolute Gasteiger partial charge is 0.0931 e. The lowest BCUT2D eigenvalue weighted by Crippen LogP contribution is -2.32. The fourth-order valence-corrected chi connectivity index (χ4v) is 3.65.